The third kappa shape index (κ3) is 5.31. The highest BCUT2D eigenvalue weighted by atomic mass is 35.5. The number of nitriles is 1. The summed E-state index contributed by atoms with van der Waals surface area (Å²) in [6.07, 6.45) is 3.06. The second kappa shape index (κ2) is 11.2. The van der Waals surface area contributed by atoms with Gasteiger partial charge >= 0.3 is 5.97 Å². The number of aliphatic carboxylic acids is 1. The monoisotopic (exact) mass is 585 g/mol. The molecule has 0 aliphatic carbocycles. The molecule has 2 heterocycles. The van der Waals surface area contributed by atoms with E-state index >= 15 is 4.39 Å². The van der Waals surface area contributed by atoms with Gasteiger partial charge in [-0.15, -0.1) is 0 Å². The van der Waals surface area contributed by atoms with E-state index in [9.17, 15) is 20.0 Å². The number of carboxylic acid groups (broad SMARTS) is 1. The van der Waals surface area contributed by atoms with Gasteiger partial charge in [-0.25, -0.2) is 9.37 Å². The first kappa shape index (κ1) is 29.5. The molecule has 1 aliphatic rings. The number of aromatic amines is 1. The van der Waals surface area contributed by atoms with Crippen LogP contribution in [0.5, 0.6) is 0 Å². The normalized spacial score (nSPS) is 24.0. The maximum Gasteiger partial charge on any atom is 0.321 e. The van der Waals surface area contributed by atoms with Crippen LogP contribution in [0.25, 0.3) is 0 Å². The first-order valence-corrected chi connectivity index (χ1v) is 13.5. The van der Waals surface area contributed by atoms with Gasteiger partial charge < -0.3 is 15.8 Å². The van der Waals surface area contributed by atoms with Crippen molar-refractivity contribution in [1.29, 1.82) is 5.26 Å². The van der Waals surface area contributed by atoms with Crippen LogP contribution in [0.2, 0.25) is 10.0 Å². The first-order chi connectivity index (χ1) is 18.8. The van der Waals surface area contributed by atoms with Crippen molar-refractivity contribution >= 4 is 35.1 Å². The zero-order chi connectivity index (χ0) is 29.4. The second-order valence-electron chi connectivity index (χ2n) is 11.3. The van der Waals surface area contributed by atoms with E-state index in [2.05, 4.69) is 16.0 Å². The highest BCUT2D eigenvalue weighted by Gasteiger charge is 2.66. The van der Waals surface area contributed by atoms with Crippen LogP contribution < -0.4 is 5.73 Å². The molecule has 1 fully saturated rings. The van der Waals surface area contributed by atoms with Gasteiger partial charge in [0.05, 0.1) is 17.1 Å². The molecule has 4 rings (SSSR count). The number of carbonyl (C=O) groups excluding carboxylic acids is 1. The highest BCUT2D eigenvalue weighted by molar-refractivity contribution is 6.31. The van der Waals surface area contributed by atoms with Crippen molar-refractivity contribution in [3.8, 4) is 6.07 Å². The fraction of sp³-hybridized carbons (Fsp3) is 0.379. The molecule has 8 nitrogen and oxygen atoms in total. The van der Waals surface area contributed by atoms with E-state index in [1.54, 1.807) is 35.4 Å². The summed E-state index contributed by atoms with van der Waals surface area (Å²) in [5.41, 5.74) is 4.07. The van der Waals surface area contributed by atoms with Crippen LogP contribution in [-0.4, -0.2) is 43.9 Å². The van der Waals surface area contributed by atoms with Crippen LogP contribution in [0.15, 0.2) is 54.9 Å². The van der Waals surface area contributed by atoms with Crippen LogP contribution in [0.1, 0.15) is 62.5 Å². The molecule has 0 radical (unpaired) electrons. The van der Waals surface area contributed by atoms with E-state index in [4.69, 9.17) is 28.9 Å². The molecular weight excluding hydrogens is 556 g/mol. The van der Waals surface area contributed by atoms with Crippen LogP contribution in [-0.2, 0) is 15.0 Å². The summed E-state index contributed by atoms with van der Waals surface area (Å²) in [7, 11) is 0. The molecule has 5 atom stereocenters. The minimum absolute atomic E-state index is 0.0184. The summed E-state index contributed by atoms with van der Waals surface area (Å²) in [5, 5.41) is 22.2. The molecule has 1 aliphatic heterocycles. The lowest BCUT2D eigenvalue weighted by atomic mass is 9.63. The molecule has 4 N–H and O–H groups in total. The Morgan fingerprint density at radius 1 is 1.25 bits per heavy atom. The SMILES string of the molecule is CC(C)(C)C[C@@H]1N(C(CC(N)=O)c2ncc[nH]2)[C@@H](C(=O)O)[C@H](c2cccc(Cl)c2F)[C@@]1(C#N)c1ccc(Cl)cc1. The molecule has 1 amide bonds. The molecule has 1 saturated heterocycles. The fourth-order valence-corrected chi connectivity index (χ4v) is 6.37. The number of H-pyrrole nitrogens is 1. The fourth-order valence-electron chi connectivity index (χ4n) is 6.06. The minimum atomic E-state index is -1.62. The molecule has 1 aromatic heterocycles. The van der Waals surface area contributed by atoms with Crippen molar-refractivity contribution < 1.29 is 19.1 Å². The van der Waals surface area contributed by atoms with Crippen molar-refractivity contribution in [3.63, 3.8) is 0 Å². The van der Waals surface area contributed by atoms with Crippen molar-refractivity contribution in [2.75, 3.05) is 0 Å². The summed E-state index contributed by atoms with van der Waals surface area (Å²) in [6.45, 7) is 5.90. The van der Waals surface area contributed by atoms with Gasteiger partial charge in [0.25, 0.3) is 0 Å². The topological polar surface area (TPSA) is 136 Å². The van der Waals surface area contributed by atoms with Crippen molar-refractivity contribution in [3.05, 3.63) is 87.7 Å². The zero-order valence-corrected chi connectivity index (χ0v) is 23.7. The standard InChI is InChI=1S/C29H30Cl2FN5O3/c1-28(2,3)14-21-29(15-33,16-7-9-17(30)10-8-16)23(18-5-4-6-19(31)24(18)32)25(27(39)40)37(21)20(13-22(34)38)26-35-11-12-36-26/h4-12,20-21,23,25H,13-14H2,1-3H3,(H2,34,38)(H,35,36)(H,39,40)/t20?,21-,23-,25+,29-/m0/s1. The van der Waals surface area contributed by atoms with E-state index in [-0.39, 0.29) is 17.0 Å². The highest BCUT2D eigenvalue weighted by Crippen LogP contribution is 2.58. The number of carbonyl (C=O) groups is 2. The number of nitrogens with zero attached hydrogens (tertiary/aromatic N) is 3. The lowest BCUT2D eigenvalue weighted by Gasteiger charge is -2.41. The molecule has 40 heavy (non-hydrogen) atoms. The van der Waals surface area contributed by atoms with E-state index in [0.717, 1.165) is 0 Å². The number of primary amides is 1. The summed E-state index contributed by atoms with van der Waals surface area (Å²) in [6, 6.07) is 10.1. The predicted octanol–water partition coefficient (Wildman–Crippen LogP) is 5.59. The largest absolute Gasteiger partial charge is 0.480 e. The number of aromatic nitrogens is 2. The van der Waals surface area contributed by atoms with Crippen molar-refractivity contribution in [2.24, 2.45) is 11.1 Å². The van der Waals surface area contributed by atoms with E-state index in [1.165, 1.54) is 24.4 Å². The second-order valence-corrected chi connectivity index (χ2v) is 12.1. The Bertz CT molecular complexity index is 1440. The number of amides is 1. The number of hydrogen-bond donors (Lipinski definition) is 3. The minimum Gasteiger partial charge on any atom is -0.480 e. The Kier molecular flexibility index (Phi) is 8.27. The van der Waals surface area contributed by atoms with Gasteiger partial charge in [0, 0.05) is 35.8 Å². The third-order valence-electron chi connectivity index (χ3n) is 7.48. The number of likely N-dealkylation sites (tertiary alicyclic amines) is 1. The van der Waals surface area contributed by atoms with Crippen LogP contribution >= 0.6 is 23.2 Å². The molecular formula is C29H30Cl2FN5O3. The number of benzene rings is 2. The van der Waals surface area contributed by atoms with E-state index < -0.39 is 52.6 Å². The maximum atomic E-state index is 15.9. The van der Waals surface area contributed by atoms with Crippen molar-refractivity contribution in [2.45, 2.75) is 63.1 Å². The summed E-state index contributed by atoms with van der Waals surface area (Å²) >= 11 is 12.4. The number of nitrogens with one attached hydrogen (secondary N) is 1. The summed E-state index contributed by atoms with van der Waals surface area (Å²) < 4.78 is 15.9. The van der Waals surface area contributed by atoms with Gasteiger partial charge in [-0.1, -0.05) is 68.2 Å². The van der Waals surface area contributed by atoms with E-state index in [0.29, 0.717) is 22.8 Å². The van der Waals surface area contributed by atoms with Crippen molar-refractivity contribution in [1.82, 2.24) is 14.9 Å². The molecule has 210 valence electrons. The summed E-state index contributed by atoms with van der Waals surface area (Å²) in [4.78, 5) is 34.6. The number of imidazole rings is 1. The summed E-state index contributed by atoms with van der Waals surface area (Å²) in [5.74, 6) is -3.73. The van der Waals surface area contributed by atoms with Gasteiger partial charge in [0.2, 0.25) is 5.91 Å². The molecule has 0 bridgehead atoms. The van der Waals surface area contributed by atoms with Gasteiger partial charge in [0.15, 0.2) is 0 Å². The Labute approximate surface area is 241 Å². The number of nitrogens with two attached hydrogens (primary N) is 1. The van der Waals surface area contributed by atoms with Gasteiger partial charge in [0.1, 0.15) is 23.1 Å². The zero-order valence-electron chi connectivity index (χ0n) is 22.2. The lowest BCUT2D eigenvalue weighted by molar-refractivity contribution is -0.145. The number of hydrogen-bond acceptors (Lipinski definition) is 5. The number of rotatable bonds is 8. The third-order valence-corrected chi connectivity index (χ3v) is 8.03. The Morgan fingerprint density at radius 3 is 2.45 bits per heavy atom. The Hall–Kier alpha value is -3.45. The first-order valence-electron chi connectivity index (χ1n) is 12.7. The Balaban J connectivity index is 2.15. The predicted molar refractivity (Wildman–Crippen MR) is 149 cm³/mol. The molecule has 11 heteroatoms. The maximum absolute atomic E-state index is 15.9. The van der Waals surface area contributed by atoms with E-state index in [1.807, 2.05) is 20.8 Å². The lowest BCUT2D eigenvalue weighted by Crippen LogP contribution is -2.49. The van der Waals surface area contributed by atoms with Crippen LogP contribution in [0, 0.1) is 22.6 Å². The van der Waals surface area contributed by atoms with Gasteiger partial charge in [-0.3, -0.25) is 14.5 Å². The van der Waals surface area contributed by atoms with Gasteiger partial charge in [-0.05, 0) is 41.2 Å². The molecule has 3 aromatic rings. The van der Waals surface area contributed by atoms with Gasteiger partial charge in [-0.2, -0.15) is 5.26 Å². The Morgan fingerprint density at radius 2 is 1.93 bits per heavy atom. The van der Waals surface area contributed by atoms with Crippen LogP contribution in [0.4, 0.5) is 4.39 Å². The van der Waals surface area contributed by atoms with Crippen LogP contribution in [0.3, 0.4) is 0 Å². The smallest absolute Gasteiger partial charge is 0.321 e. The number of halogens is 3. The average Bonchev–Trinajstić information content (AvgIpc) is 3.49. The number of carboxylic acids is 1. The quantitative estimate of drug-likeness (QED) is 0.315. The molecule has 0 spiro atoms. The molecule has 1 unspecified atom stereocenters. The molecule has 0 saturated carbocycles. The molecule has 2 aromatic carbocycles. The average molecular weight is 586 g/mol.